The van der Waals surface area contributed by atoms with Gasteiger partial charge in [-0.1, -0.05) is 11.6 Å². The van der Waals surface area contributed by atoms with Crippen molar-refractivity contribution in [3.8, 4) is 5.75 Å². The fraction of sp³-hybridized carbons (Fsp3) is 0.429. The third kappa shape index (κ3) is 3.98. The van der Waals surface area contributed by atoms with E-state index in [9.17, 15) is 9.59 Å². The van der Waals surface area contributed by atoms with E-state index < -0.39 is 5.97 Å². The summed E-state index contributed by atoms with van der Waals surface area (Å²) in [5.41, 5.74) is 0.985. The van der Waals surface area contributed by atoms with Crippen molar-refractivity contribution in [2.24, 2.45) is 0 Å². The zero-order valence-electron chi connectivity index (χ0n) is 10.8. The lowest BCUT2D eigenvalue weighted by Gasteiger charge is -2.09. The van der Waals surface area contributed by atoms with Gasteiger partial charge >= 0.3 is 5.97 Å². The zero-order valence-corrected chi connectivity index (χ0v) is 10.8. The van der Waals surface area contributed by atoms with E-state index in [0.717, 1.165) is 18.4 Å². The number of carbonyl (C=O) groups excluding carboxylic acids is 1. The Labute approximate surface area is 111 Å². The highest BCUT2D eigenvalue weighted by Gasteiger charge is 2.23. The largest absolute Gasteiger partial charge is 0.492 e. The Morgan fingerprint density at radius 2 is 2.16 bits per heavy atom. The molecule has 19 heavy (non-hydrogen) atoms. The molecular formula is C14H17NO4. The van der Waals surface area contributed by atoms with Crippen LogP contribution in [0.1, 0.15) is 35.2 Å². The number of aryl methyl sites for hydroxylation is 1. The van der Waals surface area contributed by atoms with Crippen LogP contribution in [0, 0.1) is 6.92 Å². The monoisotopic (exact) mass is 263 g/mol. The van der Waals surface area contributed by atoms with E-state index in [0.29, 0.717) is 11.8 Å². The number of rotatable bonds is 6. The molecule has 2 rings (SSSR count). The van der Waals surface area contributed by atoms with Gasteiger partial charge in [0.1, 0.15) is 11.3 Å². The van der Waals surface area contributed by atoms with Crippen LogP contribution in [-0.4, -0.2) is 29.6 Å². The Hall–Kier alpha value is -2.04. The van der Waals surface area contributed by atoms with Gasteiger partial charge in [0.05, 0.1) is 13.0 Å². The van der Waals surface area contributed by atoms with Gasteiger partial charge in [-0.15, -0.1) is 0 Å². The smallest absolute Gasteiger partial charge is 0.339 e. The Morgan fingerprint density at radius 3 is 2.79 bits per heavy atom. The standard InChI is InChI=1S/C14H17NO4/c1-9-2-5-12(11(8-9)14(17)18)19-7-6-13(16)15-10-3-4-10/h2,5,8,10H,3-4,6-7H2,1H3,(H,15,16)(H,17,18). The van der Waals surface area contributed by atoms with Gasteiger partial charge in [0.15, 0.2) is 0 Å². The van der Waals surface area contributed by atoms with Gasteiger partial charge in [-0.2, -0.15) is 0 Å². The highest BCUT2D eigenvalue weighted by Crippen LogP contribution is 2.21. The van der Waals surface area contributed by atoms with Crippen molar-refractivity contribution in [1.29, 1.82) is 0 Å². The summed E-state index contributed by atoms with van der Waals surface area (Å²) in [7, 11) is 0. The predicted molar refractivity (Wildman–Crippen MR) is 69.4 cm³/mol. The molecule has 0 spiro atoms. The number of carboxylic acid groups (broad SMARTS) is 1. The Morgan fingerprint density at radius 1 is 1.42 bits per heavy atom. The molecular weight excluding hydrogens is 246 g/mol. The highest BCUT2D eigenvalue weighted by molar-refractivity contribution is 5.91. The molecule has 2 N–H and O–H groups in total. The molecule has 1 amide bonds. The summed E-state index contributed by atoms with van der Waals surface area (Å²) in [4.78, 5) is 22.5. The van der Waals surface area contributed by atoms with Gasteiger partial charge in [0, 0.05) is 6.04 Å². The summed E-state index contributed by atoms with van der Waals surface area (Å²) >= 11 is 0. The number of benzene rings is 1. The molecule has 1 aliphatic rings. The maximum Gasteiger partial charge on any atom is 0.339 e. The van der Waals surface area contributed by atoms with Crippen molar-refractivity contribution in [3.63, 3.8) is 0 Å². The van der Waals surface area contributed by atoms with Crippen molar-refractivity contribution in [2.45, 2.75) is 32.2 Å². The number of hydrogen-bond acceptors (Lipinski definition) is 3. The lowest BCUT2D eigenvalue weighted by Crippen LogP contribution is -2.26. The Balaban J connectivity index is 1.87. The second kappa shape index (κ2) is 5.73. The van der Waals surface area contributed by atoms with Crippen LogP contribution in [0.2, 0.25) is 0 Å². The Kier molecular flexibility index (Phi) is 4.04. The minimum absolute atomic E-state index is 0.0495. The second-order valence-corrected chi connectivity index (χ2v) is 4.75. The highest BCUT2D eigenvalue weighted by atomic mass is 16.5. The number of amides is 1. The van der Waals surface area contributed by atoms with E-state index in [1.54, 1.807) is 18.2 Å². The first kappa shape index (κ1) is 13.4. The zero-order chi connectivity index (χ0) is 13.8. The summed E-state index contributed by atoms with van der Waals surface area (Å²) in [6.45, 7) is 2.00. The van der Waals surface area contributed by atoms with E-state index in [2.05, 4.69) is 5.32 Å². The summed E-state index contributed by atoms with van der Waals surface area (Å²) in [5.74, 6) is -0.773. The van der Waals surface area contributed by atoms with Gasteiger partial charge in [-0.25, -0.2) is 4.79 Å². The molecule has 0 heterocycles. The second-order valence-electron chi connectivity index (χ2n) is 4.75. The van der Waals surface area contributed by atoms with Crippen LogP contribution in [0.15, 0.2) is 18.2 Å². The summed E-state index contributed by atoms with van der Waals surface area (Å²) in [6, 6.07) is 5.30. The summed E-state index contributed by atoms with van der Waals surface area (Å²) in [5, 5.41) is 11.9. The fourth-order valence-corrected chi connectivity index (χ4v) is 1.72. The maximum atomic E-state index is 11.4. The van der Waals surface area contributed by atoms with Gasteiger partial charge in [-0.3, -0.25) is 4.79 Å². The number of aromatic carboxylic acids is 1. The molecule has 1 saturated carbocycles. The fourth-order valence-electron chi connectivity index (χ4n) is 1.72. The summed E-state index contributed by atoms with van der Waals surface area (Å²) < 4.78 is 5.38. The normalized spacial score (nSPS) is 13.9. The molecule has 0 atom stereocenters. The van der Waals surface area contributed by atoms with Gasteiger partial charge in [0.2, 0.25) is 5.91 Å². The van der Waals surface area contributed by atoms with Crippen LogP contribution < -0.4 is 10.1 Å². The van der Waals surface area contributed by atoms with Gasteiger partial charge in [-0.05, 0) is 31.9 Å². The minimum atomic E-state index is -1.03. The molecule has 0 radical (unpaired) electrons. The minimum Gasteiger partial charge on any atom is -0.492 e. The van der Waals surface area contributed by atoms with Crippen molar-refractivity contribution in [2.75, 3.05) is 6.61 Å². The van der Waals surface area contributed by atoms with Crippen LogP contribution in [-0.2, 0) is 4.79 Å². The van der Waals surface area contributed by atoms with Gasteiger partial charge < -0.3 is 15.2 Å². The first-order valence-electron chi connectivity index (χ1n) is 6.32. The predicted octanol–water partition coefficient (Wildman–Crippen LogP) is 1.74. The molecule has 0 aromatic heterocycles. The van der Waals surface area contributed by atoms with E-state index in [1.165, 1.54) is 0 Å². The maximum absolute atomic E-state index is 11.4. The molecule has 1 fully saturated rings. The van der Waals surface area contributed by atoms with Crippen molar-refractivity contribution < 1.29 is 19.4 Å². The molecule has 0 saturated heterocycles. The molecule has 102 valence electrons. The average molecular weight is 263 g/mol. The number of ether oxygens (including phenoxy) is 1. The molecule has 0 bridgehead atoms. The molecule has 0 unspecified atom stereocenters. The topological polar surface area (TPSA) is 75.6 Å². The third-order valence-corrected chi connectivity index (χ3v) is 2.89. The molecule has 0 aliphatic heterocycles. The quantitative estimate of drug-likeness (QED) is 0.819. The van der Waals surface area contributed by atoms with Crippen LogP contribution >= 0.6 is 0 Å². The summed E-state index contributed by atoms with van der Waals surface area (Å²) in [6.07, 6.45) is 2.34. The van der Waals surface area contributed by atoms with E-state index >= 15 is 0 Å². The first-order chi connectivity index (χ1) is 9.06. The molecule has 1 aliphatic carbocycles. The molecule has 1 aromatic carbocycles. The number of hydrogen-bond donors (Lipinski definition) is 2. The van der Waals surface area contributed by atoms with Crippen LogP contribution in [0.5, 0.6) is 5.75 Å². The van der Waals surface area contributed by atoms with Crippen molar-refractivity contribution in [1.82, 2.24) is 5.32 Å². The molecule has 1 aromatic rings. The SMILES string of the molecule is Cc1ccc(OCCC(=O)NC2CC2)c(C(=O)O)c1. The number of carboxylic acids is 1. The number of carbonyl (C=O) groups is 2. The van der Waals surface area contributed by atoms with Crippen molar-refractivity contribution >= 4 is 11.9 Å². The number of nitrogens with one attached hydrogen (secondary N) is 1. The van der Waals surface area contributed by atoms with E-state index in [1.807, 2.05) is 6.92 Å². The van der Waals surface area contributed by atoms with Crippen LogP contribution in [0.25, 0.3) is 0 Å². The first-order valence-corrected chi connectivity index (χ1v) is 6.32. The van der Waals surface area contributed by atoms with Crippen LogP contribution in [0.3, 0.4) is 0 Å². The van der Waals surface area contributed by atoms with Crippen LogP contribution in [0.4, 0.5) is 0 Å². The van der Waals surface area contributed by atoms with E-state index in [-0.39, 0.29) is 24.5 Å². The lowest BCUT2D eigenvalue weighted by molar-refractivity contribution is -0.121. The average Bonchev–Trinajstić information content (AvgIpc) is 3.14. The Bertz CT molecular complexity index is 494. The van der Waals surface area contributed by atoms with E-state index in [4.69, 9.17) is 9.84 Å². The third-order valence-electron chi connectivity index (χ3n) is 2.89. The lowest BCUT2D eigenvalue weighted by atomic mass is 10.1. The van der Waals surface area contributed by atoms with Gasteiger partial charge in [0.25, 0.3) is 0 Å². The van der Waals surface area contributed by atoms with Crippen molar-refractivity contribution in [3.05, 3.63) is 29.3 Å². The molecule has 5 nitrogen and oxygen atoms in total. The molecule has 5 heteroatoms.